The van der Waals surface area contributed by atoms with Gasteiger partial charge in [-0.05, 0) is 58.0 Å². The average Bonchev–Trinajstić information content (AvgIpc) is 2.87. The standard InChI is InChI=1S/C23H25N5O4S/c1-13-9-19-23(4,28-21(25)22(2,3)33(19,30)31)16-10-15(6-8-18(16)32-13)27-20(29)17-7-5-14(11-24)12-26-17/h5-8,10,12-13,19H,9H2,1-4H3,(H2,25,28)(H,27,29)/t13-,19+,23+/m0/s1. The summed E-state index contributed by atoms with van der Waals surface area (Å²) in [6, 6.07) is 9.96. The zero-order valence-corrected chi connectivity index (χ0v) is 19.6. The first-order valence-electron chi connectivity index (χ1n) is 10.5. The molecule has 2 aliphatic rings. The lowest BCUT2D eigenvalue weighted by molar-refractivity contribution is 0.102. The fraction of sp³-hybridized carbons (Fsp3) is 0.391. The summed E-state index contributed by atoms with van der Waals surface area (Å²) in [4.78, 5) is 21.4. The van der Waals surface area contributed by atoms with Gasteiger partial charge in [0.15, 0.2) is 9.84 Å². The number of benzene rings is 1. The summed E-state index contributed by atoms with van der Waals surface area (Å²) in [6.07, 6.45) is 1.21. The van der Waals surface area contributed by atoms with Crippen LogP contribution in [0.25, 0.3) is 0 Å². The quantitative estimate of drug-likeness (QED) is 0.689. The van der Waals surface area contributed by atoms with Crippen molar-refractivity contribution in [2.75, 3.05) is 5.32 Å². The van der Waals surface area contributed by atoms with Crippen molar-refractivity contribution in [2.24, 2.45) is 10.7 Å². The normalized spacial score (nSPS) is 26.9. The van der Waals surface area contributed by atoms with E-state index in [9.17, 15) is 13.2 Å². The number of ether oxygens (including phenoxy) is 1. The smallest absolute Gasteiger partial charge is 0.274 e. The Morgan fingerprint density at radius 1 is 1.27 bits per heavy atom. The molecule has 2 aromatic rings. The Labute approximate surface area is 192 Å². The first-order chi connectivity index (χ1) is 15.4. The second-order valence-corrected chi connectivity index (χ2v) is 11.7. The molecule has 3 N–H and O–H groups in total. The van der Waals surface area contributed by atoms with Crippen molar-refractivity contribution in [3.8, 4) is 11.8 Å². The predicted octanol–water partition coefficient (Wildman–Crippen LogP) is 2.52. The summed E-state index contributed by atoms with van der Waals surface area (Å²) in [5.41, 5.74) is 6.43. The zero-order chi connectivity index (χ0) is 24.2. The Hall–Kier alpha value is -3.45. The number of sulfone groups is 1. The number of anilines is 1. The van der Waals surface area contributed by atoms with E-state index in [4.69, 9.17) is 20.7 Å². The summed E-state index contributed by atoms with van der Waals surface area (Å²) < 4.78 is 31.9. The molecule has 0 unspecified atom stereocenters. The summed E-state index contributed by atoms with van der Waals surface area (Å²) in [5, 5.41) is 10.8. The minimum absolute atomic E-state index is 0.0398. The molecule has 1 aromatic heterocycles. The van der Waals surface area contributed by atoms with Crippen molar-refractivity contribution in [3.05, 3.63) is 53.3 Å². The first-order valence-corrected chi connectivity index (χ1v) is 12.0. The van der Waals surface area contributed by atoms with Gasteiger partial charge in [-0.25, -0.2) is 13.4 Å². The number of aromatic nitrogens is 1. The van der Waals surface area contributed by atoms with Crippen LogP contribution in [0.5, 0.6) is 5.75 Å². The van der Waals surface area contributed by atoms with Crippen LogP contribution >= 0.6 is 0 Å². The van der Waals surface area contributed by atoms with E-state index < -0.39 is 31.3 Å². The van der Waals surface area contributed by atoms with Gasteiger partial charge in [-0.2, -0.15) is 5.26 Å². The lowest BCUT2D eigenvalue weighted by atomic mass is 9.85. The third-order valence-corrected chi connectivity index (χ3v) is 9.50. The second-order valence-electron chi connectivity index (χ2n) is 9.06. The van der Waals surface area contributed by atoms with Crippen molar-refractivity contribution >= 4 is 27.3 Å². The summed E-state index contributed by atoms with van der Waals surface area (Å²) in [5.74, 6) is 0.0656. The number of nitrogens with zero attached hydrogens (tertiary/aromatic N) is 3. The van der Waals surface area contributed by atoms with Crippen molar-refractivity contribution in [1.82, 2.24) is 4.98 Å². The molecule has 9 nitrogen and oxygen atoms in total. The molecule has 3 atom stereocenters. The molecule has 0 saturated carbocycles. The molecule has 3 heterocycles. The van der Waals surface area contributed by atoms with Crippen LogP contribution in [0.2, 0.25) is 0 Å². The van der Waals surface area contributed by atoms with Gasteiger partial charge < -0.3 is 15.8 Å². The van der Waals surface area contributed by atoms with Gasteiger partial charge in [0, 0.05) is 23.9 Å². The van der Waals surface area contributed by atoms with Crippen LogP contribution in [-0.2, 0) is 15.4 Å². The highest BCUT2D eigenvalue weighted by molar-refractivity contribution is 7.94. The average molecular weight is 468 g/mol. The Morgan fingerprint density at radius 3 is 2.64 bits per heavy atom. The number of nitriles is 1. The number of rotatable bonds is 2. The topological polar surface area (TPSA) is 148 Å². The summed E-state index contributed by atoms with van der Waals surface area (Å²) >= 11 is 0. The number of carbonyl (C=O) groups excluding carboxylic acids is 1. The first kappa shape index (κ1) is 22.7. The highest BCUT2D eigenvalue weighted by Gasteiger charge is 2.58. The third kappa shape index (κ3) is 3.53. The SMILES string of the molecule is C[C@H]1C[C@@H]2[C@](C)(N=C(N)C(C)(C)S2(=O)=O)c2cc(NC(=O)c3ccc(C#N)cn3)ccc2O1. The lowest BCUT2D eigenvalue weighted by Crippen LogP contribution is -2.60. The van der Waals surface area contributed by atoms with E-state index >= 15 is 0 Å². The van der Waals surface area contributed by atoms with Crippen molar-refractivity contribution < 1.29 is 17.9 Å². The number of pyridine rings is 1. The minimum atomic E-state index is -3.71. The van der Waals surface area contributed by atoms with E-state index in [1.165, 1.54) is 18.3 Å². The van der Waals surface area contributed by atoms with Gasteiger partial charge in [0.1, 0.15) is 33.6 Å². The number of fused-ring (bicyclic) bond motifs is 3. The van der Waals surface area contributed by atoms with Crippen LogP contribution in [0, 0.1) is 11.3 Å². The number of nitrogens with one attached hydrogen (secondary N) is 1. The second kappa shape index (κ2) is 7.56. The van der Waals surface area contributed by atoms with Gasteiger partial charge in [-0.3, -0.25) is 9.79 Å². The Balaban J connectivity index is 1.79. The highest BCUT2D eigenvalue weighted by Crippen LogP contribution is 2.49. The zero-order valence-electron chi connectivity index (χ0n) is 18.8. The fourth-order valence-electron chi connectivity index (χ4n) is 4.31. The number of hydrogen-bond donors (Lipinski definition) is 2. The molecule has 0 saturated heterocycles. The van der Waals surface area contributed by atoms with Gasteiger partial charge in [0.25, 0.3) is 5.91 Å². The van der Waals surface area contributed by atoms with Gasteiger partial charge in [0.2, 0.25) is 0 Å². The van der Waals surface area contributed by atoms with E-state index in [-0.39, 0.29) is 24.1 Å². The summed E-state index contributed by atoms with van der Waals surface area (Å²) in [7, 11) is -3.71. The highest BCUT2D eigenvalue weighted by atomic mass is 32.2. The molecule has 1 amide bonds. The van der Waals surface area contributed by atoms with Crippen LogP contribution in [0.15, 0.2) is 41.5 Å². The molecule has 4 rings (SSSR count). The monoisotopic (exact) mass is 467 g/mol. The van der Waals surface area contributed by atoms with E-state index in [1.807, 2.05) is 13.0 Å². The number of carbonyl (C=O) groups is 1. The summed E-state index contributed by atoms with van der Waals surface area (Å²) in [6.45, 7) is 6.70. The Morgan fingerprint density at radius 2 is 2.00 bits per heavy atom. The fourth-order valence-corrected chi connectivity index (χ4v) is 6.67. The van der Waals surface area contributed by atoms with E-state index in [0.717, 1.165) is 0 Å². The molecule has 33 heavy (non-hydrogen) atoms. The van der Waals surface area contributed by atoms with Crippen molar-refractivity contribution in [1.29, 1.82) is 5.26 Å². The molecule has 0 radical (unpaired) electrons. The largest absolute Gasteiger partial charge is 0.490 e. The van der Waals surface area contributed by atoms with Gasteiger partial charge in [0.05, 0.1) is 16.9 Å². The number of aliphatic imine (C=N–C) groups is 1. The molecule has 172 valence electrons. The van der Waals surface area contributed by atoms with Crippen LogP contribution in [0.3, 0.4) is 0 Å². The van der Waals surface area contributed by atoms with Crippen LogP contribution < -0.4 is 15.8 Å². The molecule has 1 aromatic carbocycles. The maximum Gasteiger partial charge on any atom is 0.274 e. The molecule has 0 fully saturated rings. The maximum absolute atomic E-state index is 13.6. The molecule has 2 aliphatic heterocycles. The molecule has 0 spiro atoms. The Bertz CT molecular complexity index is 1310. The number of amides is 1. The minimum Gasteiger partial charge on any atom is -0.490 e. The van der Waals surface area contributed by atoms with E-state index in [2.05, 4.69) is 10.3 Å². The number of amidine groups is 1. The molecule has 0 bridgehead atoms. The van der Waals surface area contributed by atoms with E-state index in [1.54, 1.807) is 39.0 Å². The van der Waals surface area contributed by atoms with Gasteiger partial charge in [-0.15, -0.1) is 0 Å². The lowest BCUT2D eigenvalue weighted by Gasteiger charge is -2.43. The third-order valence-electron chi connectivity index (χ3n) is 6.46. The van der Waals surface area contributed by atoms with Gasteiger partial charge in [-0.1, -0.05) is 0 Å². The Kier molecular flexibility index (Phi) is 5.21. The number of hydrogen-bond acceptors (Lipinski definition) is 8. The van der Waals surface area contributed by atoms with E-state index in [0.29, 0.717) is 22.6 Å². The molecular formula is C23H25N5O4S. The molecule has 0 aliphatic carbocycles. The van der Waals surface area contributed by atoms with Crippen LogP contribution in [0.1, 0.15) is 55.7 Å². The molecule has 10 heteroatoms. The van der Waals surface area contributed by atoms with Crippen molar-refractivity contribution in [3.63, 3.8) is 0 Å². The van der Waals surface area contributed by atoms with Gasteiger partial charge >= 0.3 is 0 Å². The number of nitrogens with two attached hydrogens (primary N) is 1. The maximum atomic E-state index is 13.6. The van der Waals surface area contributed by atoms with Crippen LogP contribution in [-0.4, -0.2) is 41.2 Å². The molecular weight excluding hydrogens is 442 g/mol. The van der Waals surface area contributed by atoms with Crippen molar-refractivity contribution in [2.45, 2.75) is 55.8 Å². The van der Waals surface area contributed by atoms with Crippen LogP contribution in [0.4, 0.5) is 5.69 Å². The predicted molar refractivity (Wildman–Crippen MR) is 124 cm³/mol.